The number of fused-ring (bicyclic) bond motifs is 7. The maximum absolute atomic E-state index is 5.16. The van der Waals surface area contributed by atoms with Crippen molar-refractivity contribution in [1.82, 2.24) is 0 Å². The maximum atomic E-state index is 5.16. The molecule has 9 rings (SSSR count). The first-order chi connectivity index (χ1) is 20.8. The lowest BCUT2D eigenvalue weighted by Crippen LogP contribution is -2.01. The van der Waals surface area contributed by atoms with E-state index in [2.05, 4.69) is 146 Å². The van der Waals surface area contributed by atoms with Gasteiger partial charge in [0.15, 0.2) is 0 Å². The third-order valence-corrected chi connectivity index (χ3v) is 8.62. The highest BCUT2D eigenvalue weighted by atomic mass is 14.8. The van der Waals surface area contributed by atoms with E-state index >= 15 is 0 Å². The Balaban J connectivity index is 1.38. The fourth-order valence-corrected chi connectivity index (χ4v) is 6.78. The lowest BCUT2D eigenvalue weighted by atomic mass is 9.84. The minimum atomic E-state index is 0.983. The predicted octanol–water partition coefficient (Wildman–Crippen LogP) is 9.32. The third kappa shape index (κ3) is 3.33. The van der Waals surface area contributed by atoms with Crippen molar-refractivity contribution in [3.8, 4) is 44.5 Å². The van der Waals surface area contributed by atoms with Crippen LogP contribution in [0.15, 0.2) is 156 Å². The fourth-order valence-electron chi connectivity index (χ4n) is 6.78. The summed E-state index contributed by atoms with van der Waals surface area (Å²) in [5, 5.41) is 6.86. The number of hydrogen-bond acceptors (Lipinski definition) is 2. The molecular formula is C40H24N2. The second-order valence-corrected chi connectivity index (χ2v) is 10.9. The average Bonchev–Trinajstić information content (AvgIpc) is 3.63. The van der Waals surface area contributed by atoms with Gasteiger partial charge in [-0.3, -0.25) is 0 Å². The van der Waals surface area contributed by atoms with Crippen molar-refractivity contribution < 1.29 is 0 Å². The molecule has 194 valence electrons. The van der Waals surface area contributed by atoms with Crippen LogP contribution in [-0.4, -0.2) is 0 Å². The Kier molecular flexibility index (Phi) is 4.93. The SMILES string of the molecule is c1ccc(-c2c(-c3ccccc3-c3cccc4ccccc34)ccc3c2-c2c4c(ccc2=N3)=c2ccccc2=N4)cc1. The Bertz CT molecular complexity index is 2450. The molecule has 0 atom stereocenters. The zero-order valence-corrected chi connectivity index (χ0v) is 22.8. The monoisotopic (exact) mass is 532 g/mol. The van der Waals surface area contributed by atoms with E-state index in [1.807, 2.05) is 0 Å². The van der Waals surface area contributed by atoms with Crippen LogP contribution in [0.3, 0.4) is 0 Å². The molecule has 0 aromatic heterocycles. The first-order valence-electron chi connectivity index (χ1n) is 14.4. The molecule has 2 heteroatoms. The first kappa shape index (κ1) is 23.1. The second-order valence-electron chi connectivity index (χ2n) is 10.9. The molecule has 7 aromatic carbocycles. The molecule has 0 saturated carbocycles. The highest BCUT2D eigenvalue weighted by Gasteiger charge is 2.27. The van der Waals surface area contributed by atoms with Gasteiger partial charge in [0.25, 0.3) is 0 Å². The van der Waals surface area contributed by atoms with Crippen molar-refractivity contribution >= 4 is 22.1 Å². The zero-order chi connectivity index (χ0) is 27.6. The van der Waals surface area contributed by atoms with Crippen LogP contribution in [0.25, 0.3) is 55.3 Å². The molecule has 42 heavy (non-hydrogen) atoms. The van der Waals surface area contributed by atoms with E-state index in [-0.39, 0.29) is 0 Å². The molecule has 0 saturated heterocycles. The van der Waals surface area contributed by atoms with E-state index in [0.717, 1.165) is 33.2 Å². The number of rotatable bonds is 3. The Morgan fingerprint density at radius 1 is 0.357 bits per heavy atom. The van der Waals surface area contributed by atoms with Gasteiger partial charge >= 0.3 is 0 Å². The van der Waals surface area contributed by atoms with Crippen LogP contribution in [0.5, 0.6) is 0 Å². The number of benzene rings is 7. The maximum Gasteiger partial charge on any atom is 0.0817 e. The van der Waals surface area contributed by atoms with Gasteiger partial charge in [-0.05, 0) is 68.4 Å². The van der Waals surface area contributed by atoms with Crippen LogP contribution in [0.2, 0.25) is 0 Å². The summed E-state index contributed by atoms with van der Waals surface area (Å²) in [6.07, 6.45) is 0. The molecule has 0 aliphatic carbocycles. The van der Waals surface area contributed by atoms with Crippen molar-refractivity contribution in [3.63, 3.8) is 0 Å². The Labute approximate surface area is 242 Å². The average molecular weight is 533 g/mol. The molecule has 2 heterocycles. The van der Waals surface area contributed by atoms with E-state index in [1.54, 1.807) is 0 Å². The number of para-hydroxylation sites is 1. The van der Waals surface area contributed by atoms with Gasteiger partial charge in [-0.25, -0.2) is 9.98 Å². The molecule has 2 aliphatic heterocycles. The van der Waals surface area contributed by atoms with Crippen molar-refractivity contribution in [2.45, 2.75) is 0 Å². The van der Waals surface area contributed by atoms with E-state index < -0.39 is 0 Å². The third-order valence-electron chi connectivity index (χ3n) is 8.62. The van der Waals surface area contributed by atoms with Crippen molar-refractivity contribution in [2.24, 2.45) is 9.98 Å². The summed E-state index contributed by atoms with van der Waals surface area (Å²) in [6.45, 7) is 0. The van der Waals surface area contributed by atoms with E-state index in [4.69, 9.17) is 9.98 Å². The van der Waals surface area contributed by atoms with E-state index in [9.17, 15) is 0 Å². The molecule has 2 aliphatic rings. The standard InChI is InChI=1S/C40H24N2/c1-2-12-26(13-3-1)37-32(30-17-7-6-16-29(30)28-19-10-14-25-11-4-5-15-27(25)28)21-23-35-38(37)39-36(41-35)24-22-33-31-18-8-9-20-34(31)42-40(33)39/h1-24H. The summed E-state index contributed by atoms with van der Waals surface area (Å²) < 4.78 is 0. The largest absolute Gasteiger partial charge is 0.248 e. The van der Waals surface area contributed by atoms with Gasteiger partial charge in [-0.1, -0.05) is 121 Å². The minimum Gasteiger partial charge on any atom is -0.248 e. The molecule has 0 amide bonds. The fraction of sp³-hybridized carbons (Fsp3) is 0. The molecule has 0 unspecified atom stereocenters. The highest BCUT2D eigenvalue weighted by molar-refractivity contribution is 6.07. The van der Waals surface area contributed by atoms with Gasteiger partial charge in [-0.15, -0.1) is 0 Å². The van der Waals surface area contributed by atoms with Crippen LogP contribution in [-0.2, 0) is 0 Å². The van der Waals surface area contributed by atoms with Crippen molar-refractivity contribution in [2.75, 3.05) is 0 Å². The summed E-state index contributed by atoms with van der Waals surface area (Å²) >= 11 is 0. The molecular weight excluding hydrogens is 508 g/mol. The quantitative estimate of drug-likeness (QED) is 0.217. The molecule has 0 radical (unpaired) electrons. The summed E-state index contributed by atoms with van der Waals surface area (Å²) in [7, 11) is 0. The molecule has 0 fully saturated rings. The second kappa shape index (κ2) is 8.95. The highest BCUT2D eigenvalue weighted by Crippen LogP contribution is 2.50. The van der Waals surface area contributed by atoms with Crippen LogP contribution in [0.4, 0.5) is 11.4 Å². The van der Waals surface area contributed by atoms with Crippen LogP contribution < -0.4 is 10.7 Å². The van der Waals surface area contributed by atoms with Gasteiger partial charge in [0.1, 0.15) is 0 Å². The number of nitrogens with zero attached hydrogens (tertiary/aromatic N) is 2. The van der Waals surface area contributed by atoms with Gasteiger partial charge in [-0.2, -0.15) is 0 Å². The molecule has 2 nitrogen and oxygen atoms in total. The van der Waals surface area contributed by atoms with Gasteiger partial charge < -0.3 is 0 Å². The smallest absolute Gasteiger partial charge is 0.0817 e. The Hall–Kier alpha value is -5.60. The first-order valence-corrected chi connectivity index (χ1v) is 14.4. The van der Waals surface area contributed by atoms with E-state index in [0.29, 0.717) is 0 Å². The Morgan fingerprint density at radius 2 is 1.07 bits per heavy atom. The molecule has 0 spiro atoms. The molecule has 0 N–H and O–H groups in total. The normalized spacial score (nSPS) is 12.2. The van der Waals surface area contributed by atoms with Crippen LogP contribution in [0, 0.1) is 10.4 Å². The summed E-state index contributed by atoms with van der Waals surface area (Å²) in [5.74, 6) is 0. The number of hydrogen-bond donors (Lipinski definition) is 0. The lowest BCUT2D eigenvalue weighted by molar-refractivity contribution is 1.36. The summed E-state index contributed by atoms with van der Waals surface area (Å²) in [4.78, 5) is 10.3. The Morgan fingerprint density at radius 3 is 1.98 bits per heavy atom. The molecule has 0 bridgehead atoms. The zero-order valence-electron chi connectivity index (χ0n) is 22.8. The summed E-state index contributed by atoms with van der Waals surface area (Å²) in [6, 6.07) is 52.0. The minimum absolute atomic E-state index is 0.983. The van der Waals surface area contributed by atoms with Gasteiger partial charge in [0.2, 0.25) is 0 Å². The summed E-state index contributed by atoms with van der Waals surface area (Å²) in [5.41, 5.74) is 11.5. The van der Waals surface area contributed by atoms with Crippen molar-refractivity contribution in [1.29, 1.82) is 0 Å². The predicted molar refractivity (Wildman–Crippen MR) is 171 cm³/mol. The van der Waals surface area contributed by atoms with Crippen molar-refractivity contribution in [3.05, 3.63) is 167 Å². The lowest BCUT2D eigenvalue weighted by Gasteiger charge is -2.19. The van der Waals surface area contributed by atoms with Gasteiger partial charge in [0.05, 0.1) is 22.1 Å². The van der Waals surface area contributed by atoms with Crippen LogP contribution >= 0.6 is 0 Å². The van der Waals surface area contributed by atoms with E-state index in [1.165, 1.54) is 54.6 Å². The van der Waals surface area contributed by atoms with Crippen LogP contribution in [0.1, 0.15) is 0 Å². The van der Waals surface area contributed by atoms with Gasteiger partial charge in [0, 0.05) is 21.6 Å². The topological polar surface area (TPSA) is 24.7 Å². The molecule has 7 aromatic rings.